The molecule has 3 heteroatoms. The van der Waals surface area contributed by atoms with Crippen molar-refractivity contribution in [2.75, 3.05) is 7.05 Å². The average molecular weight is 272 g/mol. The van der Waals surface area contributed by atoms with Crippen molar-refractivity contribution in [2.24, 2.45) is 0 Å². The predicted molar refractivity (Wildman–Crippen MR) is 80.3 cm³/mol. The molecule has 0 aliphatic heterocycles. The summed E-state index contributed by atoms with van der Waals surface area (Å²) in [7, 11) is 1.89. The van der Waals surface area contributed by atoms with Crippen molar-refractivity contribution in [3.05, 3.63) is 64.7 Å². The minimum atomic E-state index is -0.186. The molecular formula is C17H21FN2. The zero-order valence-corrected chi connectivity index (χ0v) is 12.3. The Morgan fingerprint density at radius 2 is 2.05 bits per heavy atom. The van der Waals surface area contributed by atoms with Crippen molar-refractivity contribution in [3.63, 3.8) is 0 Å². The van der Waals surface area contributed by atoms with Crippen LogP contribution in [0.4, 0.5) is 4.39 Å². The first-order chi connectivity index (χ1) is 9.62. The molecule has 1 N–H and O–H groups in total. The van der Waals surface area contributed by atoms with Gasteiger partial charge in [-0.25, -0.2) is 4.39 Å². The molecule has 0 saturated carbocycles. The number of aryl methyl sites for hydroxylation is 2. The summed E-state index contributed by atoms with van der Waals surface area (Å²) in [6, 6.07) is 9.38. The summed E-state index contributed by atoms with van der Waals surface area (Å²) in [5.41, 5.74) is 4.15. The van der Waals surface area contributed by atoms with Crippen LogP contribution in [-0.2, 0) is 12.8 Å². The van der Waals surface area contributed by atoms with Crippen molar-refractivity contribution in [1.82, 2.24) is 10.3 Å². The summed E-state index contributed by atoms with van der Waals surface area (Å²) in [6.45, 7) is 4.02. The SMILES string of the molecule is CCc1ccc(CC(NC)c2cc(C)cc(F)c2)nc1. The normalized spacial score (nSPS) is 12.4. The summed E-state index contributed by atoms with van der Waals surface area (Å²) in [5, 5.41) is 3.24. The molecule has 1 unspecified atom stereocenters. The third-order valence-electron chi connectivity index (χ3n) is 3.52. The molecule has 1 aromatic carbocycles. The first kappa shape index (κ1) is 14.7. The number of halogens is 1. The van der Waals surface area contributed by atoms with E-state index in [0.717, 1.165) is 29.7 Å². The van der Waals surface area contributed by atoms with Gasteiger partial charge in [0.2, 0.25) is 0 Å². The second-order valence-corrected chi connectivity index (χ2v) is 5.12. The molecule has 0 fully saturated rings. The number of hydrogen-bond acceptors (Lipinski definition) is 2. The van der Waals surface area contributed by atoms with Gasteiger partial charge in [0.05, 0.1) is 0 Å². The Balaban J connectivity index is 2.19. The molecule has 1 atom stereocenters. The third-order valence-corrected chi connectivity index (χ3v) is 3.52. The molecule has 0 aliphatic rings. The fraction of sp³-hybridized carbons (Fsp3) is 0.353. The molecule has 0 aliphatic carbocycles. The zero-order valence-electron chi connectivity index (χ0n) is 12.3. The van der Waals surface area contributed by atoms with E-state index in [1.54, 1.807) is 12.1 Å². The van der Waals surface area contributed by atoms with Crippen LogP contribution in [0.2, 0.25) is 0 Å². The van der Waals surface area contributed by atoms with Crippen molar-refractivity contribution in [2.45, 2.75) is 32.7 Å². The minimum Gasteiger partial charge on any atom is -0.313 e. The van der Waals surface area contributed by atoms with E-state index in [4.69, 9.17) is 0 Å². The first-order valence-electron chi connectivity index (χ1n) is 7.00. The van der Waals surface area contributed by atoms with Crippen molar-refractivity contribution >= 4 is 0 Å². The van der Waals surface area contributed by atoms with Crippen LogP contribution in [0.1, 0.15) is 35.3 Å². The molecule has 106 valence electrons. The maximum absolute atomic E-state index is 13.5. The van der Waals surface area contributed by atoms with Crippen LogP contribution >= 0.6 is 0 Å². The number of benzene rings is 1. The number of rotatable bonds is 5. The van der Waals surface area contributed by atoms with E-state index >= 15 is 0 Å². The van der Waals surface area contributed by atoms with Crippen LogP contribution in [-0.4, -0.2) is 12.0 Å². The smallest absolute Gasteiger partial charge is 0.123 e. The Labute approximate surface area is 120 Å². The van der Waals surface area contributed by atoms with Gasteiger partial charge in [-0.15, -0.1) is 0 Å². The third kappa shape index (κ3) is 3.64. The Kier molecular flexibility index (Phi) is 4.85. The summed E-state index contributed by atoms with van der Waals surface area (Å²) < 4.78 is 13.5. The minimum absolute atomic E-state index is 0.0735. The number of nitrogens with one attached hydrogen (secondary N) is 1. The maximum atomic E-state index is 13.5. The molecule has 1 heterocycles. The number of nitrogens with zero attached hydrogens (tertiary/aromatic N) is 1. The Bertz CT molecular complexity index is 543. The average Bonchev–Trinajstić information content (AvgIpc) is 2.44. The molecular weight excluding hydrogens is 251 g/mol. The van der Waals surface area contributed by atoms with Gasteiger partial charge in [0.25, 0.3) is 0 Å². The maximum Gasteiger partial charge on any atom is 0.123 e. The van der Waals surface area contributed by atoms with Crippen LogP contribution in [0.25, 0.3) is 0 Å². The summed E-state index contributed by atoms with van der Waals surface area (Å²) in [4.78, 5) is 4.47. The standard InChI is InChI=1S/C17H21FN2/c1-4-13-5-6-16(20-11-13)10-17(19-3)14-7-12(2)8-15(18)9-14/h5-9,11,17,19H,4,10H2,1-3H3. The molecule has 2 aromatic rings. The lowest BCUT2D eigenvalue weighted by atomic mass is 9.99. The molecule has 2 rings (SSSR count). The highest BCUT2D eigenvalue weighted by molar-refractivity contribution is 5.27. The fourth-order valence-electron chi connectivity index (χ4n) is 2.35. The predicted octanol–water partition coefficient (Wildman–Crippen LogP) is 3.59. The van der Waals surface area contributed by atoms with Crippen LogP contribution < -0.4 is 5.32 Å². The Morgan fingerprint density at radius 1 is 1.25 bits per heavy atom. The van der Waals surface area contributed by atoms with Gasteiger partial charge in [-0.1, -0.05) is 19.1 Å². The van der Waals surface area contributed by atoms with Crippen LogP contribution in [0.3, 0.4) is 0 Å². The topological polar surface area (TPSA) is 24.9 Å². The molecule has 0 radical (unpaired) electrons. The van der Waals surface area contributed by atoms with E-state index in [0.29, 0.717) is 0 Å². The van der Waals surface area contributed by atoms with E-state index in [-0.39, 0.29) is 11.9 Å². The lowest BCUT2D eigenvalue weighted by molar-refractivity contribution is 0.570. The number of pyridine rings is 1. The van der Waals surface area contributed by atoms with Crippen LogP contribution in [0.15, 0.2) is 36.5 Å². The van der Waals surface area contributed by atoms with Crippen molar-refractivity contribution in [1.29, 1.82) is 0 Å². The highest BCUT2D eigenvalue weighted by Crippen LogP contribution is 2.20. The van der Waals surface area contributed by atoms with Crippen molar-refractivity contribution in [3.8, 4) is 0 Å². The number of aromatic nitrogens is 1. The lowest BCUT2D eigenvalue weighted by Crippen LogP contribution is -2.19. The highest BCUT2D eigenvalue weighted by atomic mass is 19.1. The molecule has 0 bridgehead atoms. The zero-order chi connectivity index (χ0) is 14.5. The molecule has 0 amide bonds. The van der Waals surface area contributed by atoms with E-state index in [1.165, 1.54) is 5.56 Å². The van der Waals surface area contributed by atoms with E-state index in [2.05, 4.69) is 29.4 Å². The fourth-order valence-corrected chi connectivity index (χ4v) is 2.35. The number of likely N-dealkylation sites (N-methyl/N-ethyl adjacent to an activating group) is 1. The molecule has 2 nitrogen and oxygen atoms in total. The first-order valence-corrected chi connectivity index (χ1v) is 7.00. The van der Waals surface area contributed by atoms with Crippen molar-refractivity contribution < 1.29 is 4.39 Å². The van der Waals surface area contributed by atoms with Gasteiger partial charge in [-0.05, 0) is 55.3 Å². The van der Waals surface area contributed by atoms with Gasteiger partial charge in [0.15, 0.2) is 0 Å². The second kappa shape index (κ2) is 6.62. The molecule has 0 spiro atoms. The lowest BCUT2D eigenvalue weighted by Gasteiger charge is -2.17. The van der Waals surface area contributed by atoms with E-state index in [9.17, 15) is 4.39 Å². The van der Waals surface area contributed by atoms with E-state index < -0.39 is 0 Å². The monoisotopic (exact) mass is 272 g/mol. The Hall–Kier alpha value is -1.74. The van der Waals surface area contributed by atoms with Gasteiger partial charge in [0, 0.05) is 24.4 Å². The Morgan fingerprint density at radius 3 is 2.60 bits per heavy atom. The second-order valence-electron chi connectivity index (χ2n) is 5.12. The van der Waals surface area contributed by atoms with Crippen LogP contribution in [0.5, 0.6) is 0 Å². The van der Waals surface area contributed by atoms with E-state index in [1.807, 2.05) is 26.2 Å². The molecule has 20 heavy (non-hydrogen) atoms. The van der Waals surface area contributed by atoms with Gasteiger partial charge in [-0.3, -0.25) is 4.98 Å². The molecule has 0 saturated heterocycles. The van der Waals surface area contributed by atoms with Gasteiger partial charge in [0.1, 0.15) is 5.82 Å². The number of hydrogen-bond donors (Lipinski definition) is 1. The summed E-state index contributed by atoms with van der Waals surface area (Å²) >= 11 is 0. The quantitative estimate of drug-likeness (QED) is 0.899. The summed E-state index contributed by atoms with van der Waals surface area (Å²) in [5.74, 6) is -0.186. The van der Waals surface area contributed by atoms with Gasteiger partial charge in [-0.2, -0.15) is 0 Å². The van der Waals surface area contributed by atoms with Gasteiger partial charge >= 0.3 is 0 Å². The highest BCUT2D eigenvalue weighted by Gasteiger charge is 2.12. The summed E-state index contributed by atoms with van der Waals surface area (Å²) in [6.07, 6.45) is 3.66. The molecule has 1 aromatic heterocycles. The largest absolute Gasteiger partial charge is 0.313 e. The van der Waals surface area contributed by atoms with Gasteiger partial charge < -0.3 is 5.32 Å². The van der Waals surface area contributed by atoms with Crippen LogP contribution in [0, 0.1) is 12.7 Å².